The molecule has 2 aromatic rings. The molecular weight excluding hydrogens is 268 g/mol. The van der Waals surface area contributed by atoms with E-state index in [-0.39, 0.29) is 11.6 Å². The molecule has 3 heteroatoms. The molecule has 0 saturated heterocycles. The van der Waals surface area contributed by atoms with Crippen LogP contribution in [0.5, 0.6) is 0 Å². The van der Waals surface area contributed by atoms with Crippen molar-refractivity contribution in [1.29, 1.82) is 0 Å². The Morgan fingerprint density at radius 3 is 2.38 bits per heavy atom. The van der Waals surface area contributed by atoms with Gasteiger partial charge in [0.05, 0.1) is 0 Å². The van der Waals surface area contributed by atoms with E-state index in [9.17, 15) is 8.78 Å². The predicted molar refractivity (Wildman–Crippen MR) is 83.3 cm³/mol. The lowest BCUT2D eigenvalue weighted by Crippen LogP contribution is -2.13. The summed E-state index contributed by atoms with van der Waals surface area (Å²) in [7, 11) is 0. The van der Waals surface area contributed by atoms with Gasteiger partial charge in [0.1, 0.15) is 11.6 Å². The Hall–Kier alpha value is -1.74. The van der Waals surface area contributed by atoms with Gasteiger partial charge in [-0.15, -0.1) is 0 Å². The van der Waals surface area contributed by atoms with Crippen LogP contribution in [0.1, 0.15) is 30.0 Å². The van der Waals surface area contributed by atoms with Crippen molar-refractivity contribution in [1.82, 2.24) is 5.32 Å². The zero-order valence-electron chi connectivity index (χ0n) is 12.8. The fraction of sp³-hybridized carbons (Fsp3) is 0.333. The second-order valence-corrected chi connectivity index (χ2v) is 5.43. The van der Waals surface area contributed by atoms with Crippen molar-refractivity contribution in [2.75, 3.05) is 6.54 Å². The Kier molecular flexibility index (Phi) is 5.07. The average molecular weight is 289 g/mol. The quantitative estimate of drug-likeness (QED) is 0.783. The molecule has 0 aliphatic carbocycles. The van der Waals surface area contributed by atoms with Crippen molar-refractivity contribution in [2.24, 2.45) is 0 Å². The van der Waals surface area contributed by atoms with Crippen LogP contribution in [0.3, 0.4) is 0 Å². The van der Waals surface area contributed by atoms with Crippen molar-refractivity contribution in [3.63, 3.8) is 0 Å². The highest BCUT2D eigenvalue weighted by atomic mass is 19.1. The number of halogens is 2. The summed E-state index contributed by atoms with van der Waals surface area (Å²) in [4.78, 5) is 0. The molecule has 0 amide bonds. The molecule has 0 saturated carbocycles. The molecule has 0 spiro atoms. The summed E-state index contributed by atoms with van der Waals surface area (Å²) in [6, 6.07) is 8.31. The highest BCUT2D eigenvalue weighted by Crippen LogP contribution is 2.30. The van der Waals surface area contributed by atoms with Crippen molar-refractivity contribution in [2.45, 2.75) is 33.7 Å². The van der Waals surface area contributed by atoms with Gasteiger partial charge in [-0.1, -0.05) is 25.1 Å². The lowest BCUT2D eigenvalue weighted by atomic mass is 9.96. The minimum Gasteiger partial charge on any atom is -0.313 e. The Balaban J connectivity index is 2.33. The molecular formula is C18H21F2N. The molecule has 21 heavy (non-hydrogen) atoms. The molecule has 112 valence electrons. The maximum Gasteiger partial charge on any atom is 0.131 e. The Labute approximate surface area is 125 Å². The van der Waals surface area contributed by atoms with Gasteiger partial charge in [-0.3, -0.25) is 0 Å². The number of hydrogen-bond acceptors (Lipinski definition) is 1. The minimum atomic E-state index is -0.378. The maximum atomic E-state index is 14.3. The van der Waals surface area contributed by atoms with E-state index in [0.29, 0.717) is 17.7 Å². The summed E-state index contributed by atoms with van der Waals surface area (Å²) in [6.45, 7) is 7.25. The molecule has 2 aromatic carbocycles. The molecule has 0 unspecified atom stereocenters. The van der Waals surface area contributed by atoms with Gasteiger partial charge in [-0.25, -0.2) is 8.78 Å². The number of hydrogen-bond donors (Lipinski definition) is 1. The second-order valence-electron chi connectivity index (χ2n) is 5.43. The van der Waals surface area contributed by atoms with Gasteiger partial charge in [-0.2, -0.15) is 0 Å². The SMILES string of the molecule is CCCNCc1ccc(-c2c(C)cc(C)cc2F)c(F)c1. The van der Waals surface area contributed by atoms with Gasteiger partial charge in [-0.05, 0) is 55.6 Å². The van der Waals surface area contributed by atoms with E-state index in [2.05, 4.69) is 12.2 Å². The lowest BCUT2D eigenvalue weighted by Gasteiger charge is -2.11. The van der Waals surface area contributed by atoms with Gasteiger partial charge < -0.3 is 5.32 Å². The van der Waals surface area contributed by atoms with Crippen LogP contribution in [0.2, 0.25) is 0 Å². The average Bonchev–Trinajstić information content (AvgIpc) is 2.40. The number of rotatable bonds is 5. The van der Waals surface area contributed by atoms with Crippen molar-refractivity contribution in [3.8, 4) is 11.1 Å². The van der Waals surface area contributed by atoms with E-state index >= 15 is 0 Å². The molecule has 2 rings (SSSR count). The monoisotopic (exact) mass is 289 g/mol. The standard InChI is InChI=1S/C18H21F2N/c1-4-7-21-11-14-5-6-15(16(19)10-14)18-13(3)8-12(2)9-17(18)20/h5-6,8-10,21H,4,7,11H2,1-3H3. The molecule has 0 bridgehead atoms. The highest BCUT2D eigenvalue weighted by Gasteiger charge is 2.14. The van der Waals surface area contributed by atoms with E-state index in [4.69, 9.17) is 0 Å². The summed E-state index contributed by atoms with van der Waals surface area (Å²) >= 11 is 0. The van der Waals surface area contributed by atoms with Crippen molar-refractivity contribution in [3.05, 3.63) is 58.7 Å². The first-order valence-electron chi connectivity index (χ1n) is 7.29. The van der Waals surface area contributed by atoms with E-state index < -0.39 is 0 Å². The summed E-state index contributed by atoms with van der Waals surface area (Å²) in [5.41, 5.74) is 3.14. The van der Waals surface area contributed by atoms with Crippen molar-refractivity contribution >= 4 is 0 Å². The molecule has 0 radical (unpaired) electrons. The number of aryl methyl sites for hydroxylation is 2. The molecule has 0 heterocycles. The van der Waals surface area contributed by atoms with Crippen molar-refractivity contribution < 1.29 is 8.78 Å². The zero-order valence-corrected chi connectivity index (χ0v) is 12.8. The Morgan fingerprint density at radius 1 is 1.00 bits per heavy atom. The minimum absolute atomic E-state index is 0.323. The van der Waals surface area contributed by atoms with Crippen LogP contribution in [-0.2, 0) is 6.54 Å². The highest BCUT2D eigenvalue weighted by molar-refractivity contribution is 5.69. The largest absolute Gasteiger partial charge is 0.313 e. The molecule has 0 fully saturated rings. The summed E-state index contributed by atoms with van der Waals surface area (Å²) in [5, 5.41) is 3.23. The molecule has 0 aliphatic rings. The molecule has 1 nitrogen and oxygen atoms in total. The van der Waals surface area contributed by atoms with Crippen LogP contribution < -0.4 is 5.32 Å². The predicted octanol–water partition coefficient (Wildman–Crippen LogP) is 4.75. The van der Waals surface area contributed by atoms with Gasteiger partial charge in [0.2, 0.25) is 0 Å². The molecule has 0 aromatic heterocycles. The third kappa shape index (κ3) is 3.67. The zero-order chi connectivity index (χ0) is 15.4. The van der Waals surface area contributed by atoms with Crippen LogP contribution in [0.15, 0.2) is 30.3 Å². The normalized spacial score (nSPS) is 10.9. The van der Waals surface area contributed by atoms with Crippen LogP contribution >= 0.6 is 0 Å². The number of benzene rings is 2. The van der Waals surface area contributed by atoms with Gasteiger partial charge in [0, 0.05) is 17.7 Å². The molecule has 0 atom stereocenters. The number of nitrogens with one attached hydrogen (secondary N) is 1. The topological polar surface area (TPSA) is 12.0 Å². The van der Waals surface area contributed by atoms with E-state index in [1.807, 2.05) is 26.0 Å². The third-order valence-electron chi connectivity index (χ3n) is 3.49. The Bertz CT molecular complexity index is 612. The molecule has 0 aliphatic heterocycles. The van der Waals surface area contributed by atoms with Crippen LogP contribution in [-0.4, -0.2) is 6.54 Å². The fourth-order valence-electron chi connectivity index (χ4n) is 2.54. The van der Waals surface area contributed by atoms with E-state index in [1.54, 1.807) is 6.07 Å². The first kappa shape index (κ1) is 15.6. The van der Waals surface area contributed by atoms with Gasteiger partial charge in [0.25, 0.3) is 0 Å². The van der Waals surface area contributed by atoms with Crippen LogP contribution in [0.25, 0.3) is 11.1 Å². The van der Waals surface area contributed by atoms with E-state index in [1.165, 1.54) is 12.1 Å². The summed E-state index contributed by atoms with van der Waals surface area (Å²) in [5.74, 6) is -0.750. The molecule has 1 N–H and O–H groups in total. The van der Waals surface area contributed by atoms with Crippen LogP contribution in [0.4, 0.5) is 8.78 Å². The first-order chi connectivity index (χ1) is 10.0. The first-order valence-corrected chi connectivity index (χ1v) is 7.29. The third-order valence-corrected chi connectivity index (χ3v) is 3.49. The lowest BCUT2D eigenvalue weighted by molar-refractivity contribution is 0.610. The smallest absolute Gasteiger partial charge is 0.131 e. The summed E-state index contributed by atoms with van der Waals surface area (Å²) in [6.07, 6.45) is 1.04. The van der Waals surface area contributed by atoms with E-state index in [0.717, 1.165) is 29.7 Å². The Morgan fingerprint density at radius 2 is 1.76 bits per heavy atom. The van der Waals surface area contributed by atoms with Gasteiger partial charge in [0.15, 0.2) is 0 Å². The second kappa shape index (κ2) is 6.81. The summed E-state index contributed by atoms with van der Waals surface area (Å²) < 4.78 is 28.5. The fourth-order valence-corrected chi connectivity index (χ4v) is 2.54. The maximum absolute atomic E-state index is 14.3. The van der Waals surface area contributed by atoms with Gasteiger partial charge >= 0.3 is 0 Å². The van der Waals surface area contributed by atoms with Crippen LogP contribution in [0, 0.1) is 25.5 Å².